The van der Waals surface area contributed by atoms with Crippen molar-refractivity contribution >= 4 is 17.6 Å². The minimum Gasteiger partial charge on any atom is -0.477 e. The Kier molecular flexibility index (Phi) is 3.60. The summed E-state index contributed by atoms with van der Waals surface area (Å²) in [5.41, 5.74) is 2.02. The zero-order chi connectivity index (χ0) is 14.9. The summed E-state index contributed by atoms with van der Waals surface area (Å²) in [4.78, 5) is 26.0. The molecule has 0 saturated carbocycles. The van der Waals surface area contributed by atoms with Gasteiger partial charge in [-0.05, 0) is 32.9 Å². The van der Waals surface area contributed by atoms with Gasteiger partial charge in [-0.3, -0.25) is 9.48 Å². The largest absolute Gasteiger partial charge is 0.477 e. The number of nitrogens with zero attached hydrogens (tertiary/aromatic N) is 2. The molecule has 0 atom stereocenters. The standard InChI is InChI=1S/C13H16N4O3/c1-4-17-10(6-8(3)16-17)12(18)15-9-5-7(2)14-11(9)13(19)20/h5-6,14H,4H2,1-3H3,(H,15,18)(H,19,20). The third-order valence-corrected chi connectivity index (χ3v) is 2.85. The Balaban J connectivity index is 2.30. The lowest BCUT2D eigenvalue weighted by Crippen LogP contribution is -2.18. The van der Waals surface area contributed by atoms with E-state index in [1.54, 1.807) is 30.7 Å². The molecule has 0 aliphatic heterocycles. The van der Waals surface area contributed by atoms with E-state index in [1.807, 2.05) is 6.92 Å². The lowest BCUT2D eigenvalue weighted by molar-refractivity contribution is 0.0692. The van der Waals surface area contributed by atoms with Crippen molar-refractivity contribution in [2.24, 2.45) is 0 Å². The van der Waals surface area contributed by atoms with Crippen molar-refractivity contribution in [1.82, 2.24) is 14.8 Å². The molecule has 0 spiro atoms. The molecule has 0 aliphatic carbocycles. The maximum absolute atomic E-state index is 12.2. The molecule has 0 saturated heterocycles. The highest BCUT2D eigenvalue weighted by Gasteiger charge is 2.18. The molecule has 0 aliphatic rings. The van der Waals surface area contributed by atoms with Crippen molar-refractivity contribution in [1.29, 1.82) is 0 Å². The number of aromatic nitrogens is 3. The van der Waals surface area contributed by atoms with Crippen LogP contribution in [0.1, 0.15) is 39.3 Å². The van der Waals surface area contributed by atoms with Gasteiger partial charge in [0.05, 0.1) is 11.4 Å². The molecule has 7 heteroatoms. The van der Waals surface area contributed by atoms with Crippen molar-refractivity contribution < 1.29 is 14.7 Å². The molecular formula is C13H16N4O3. The molecule has 20 heavy (non-hydrogen) atoms. The molecule has 1 amide bonds. The summed E-state index contributed by atoms with van der Waals surface area (Å²) in [6.45, 7) is 5.97. The highest BCUT2D eigenvalue weighted by Crippen LogP contribution is 2.18. The second-order valence-corrected chi connectivity index (χ2v) is 4.49. The van der Waals surface area contributed by atoms with Crippen LogP contribution in [0.3, 0.4) is 0 Å². The van der Waals surface area contributed by atoms with Crippen LogP contribution >= 0.6 is 0 Å². The van der Waals surface area contributed by atoms with Crippen LogP contribution in [0.4, 0.5) is 5.69 Å². The molecule has 3 N–H and O–H groups in total. The maximum Gasteiger partial charge on any atom is 0.354 e. The van der Waals surface area contributed by atoms with Crippen LogP contribution in [0.15, 0.2) is 12.1 Å². The minimum atomic E-state index is -1.12. The fraction of sp³-hybridized carbons (Fsp3) is 0.308. The summed E-state index contributed by atoms with van der Waals surface area (Å²) in [5, 5.41) is 15.9. The third kappa shape index (κ3) is 2.56. The zero-order valence-corrected chi connectivity index (χ0v) is 11.5. The van der Waals surface area contributed by atoms with E-state index in [9.17, 15) is 9.59 Å². The number of aromatic amines is 1. The first-order chi connectivity index (χ1) is 9.42. The fourth-order valence-electron chi connectivity index (χ4n) is 2.01. The highest BCUT2D eigenvalue weighted by atomic mass is 16.4. The second kappa shape index (κ2) is 5.20. The normalized spacial score (nSPS) is 10.6. The molecule has 0 aromatic carbocycles. The van der Waals surface area contributed by atoms with E-state index in [0.717, 1.165) is 5.69 Å². The summed E-state index contributed by atoms with van der Waals surface area (Å²) in [6.07, 6.45) is 0. The maximum atomic E-state index is 12.2. The number of carbonyl (C=O) groups is 2. The molecule has 2 aromatic rings. The van der Waals surface area contributed by atoms with Crippen LogP contribution in [0.5, 0.6) is 0 Å². The Bertz CT molecular complexity index is 669. The number of aromatic carboxylic acids is 1. The summed E-state index contributed by atoms with van der Waals surface area (Å²) < 4.78 is 1.57. The third-order valence-electron chi connectivity index (χ3n) is 2.85. The monoisotopic (exact) mass is 276 g/mol. The Morgan fingerprint density at radius 2 is 2.10 bits per heavy atom. The number of hydrogen-bond acceptors (Lipinski definition) is 3. The topological polar surface area (TPSA) is 100 Å². The second-order valence-electron chi connectivity index (χ2n) is 4.49. The lowest BCUT2D eigenvalue weighted by Gasteiger charge is -2.06. The molecule has 106 valence electrons. The van der Waals surface area contributed by atoms with Crippen LogP contribution in [-0.2, 0) is 6.54 Å². The van der Waals surface area contributed by atoms with Gasteiger partial charge < -0.3 is 15.4 Å². The molecular weight excluding hydrogens is 260 g/mol. The van der Waals surface area contributed by atoms with E-state index < -0.39 is 5.97 Å². The summed E-state index contributed by atoms with van der Waals surface area (Å²) in [5.74, 6) is -1.50. The highest BCUT2D eigenvalue weighted by molar-refractivity contribution is 6.06. The van der Waals surface area contributed by atoms with Gasteiger partial charge in [0.25, 0.3) is 5.91 Å². The number of hydrogen-bond donors (Lipinski definition) is 3. The van der Waals surface area contributed by atoms with Crippen molar-refractivity contribution in [3.05, 3.63) is 34.9 Å². The number of carboxylic acids is 1. The average molecular weight is 276 g/mol. The first kappa shape index (κ1) is 13.9. The summed E-state index contributed by atoms with van der Waals surface area (Å²) in [6, 6.07) is 3.25. The Hall–Kier alpha value is -2.57. The van der Waals surface area contributed by atoms with Gasteiger partial charge in [0.2, 0.25) is 0 Å². The van der Waals surface area contributed by atoms with Gasteiger partial charge >= 0.3 is 5.97 Å². The summed E-state index contributed by atoms with van der Waals surface area (Å²) in [7, 11) is 0. The van der Waals surface area contributed by atoms with Gasteiger partial charge in [0.15, 0.2) is 0 Å². The Labute approximate surface area is 115 Å². The van der Waals surface area contributed by atoms with Crippen molar-refractivity contribution in [3.63, 3.8) is 0 Å². The predicted molar refractivity (Wildman–Crippen MR) is 73.1 cm³/mol. The van der Waals surface area contributed by atoms with Gasteiger partial charge in [-0.2, -0.15) is 5.10 Å². The van der Waals surface area contributed by atoms with Crippen molar-refractivity contribution in [2.75, 3.05) is 5.32 Å². The van der Waals surface area contributed by atoms with Crippen LogP contribution < -0.4 is 5.32 Å². The number of rotatable bonds is 4. The molecule has 7 nitrogen and oxygen atoms in total. The van der Waals surface area contributed by atoms with Crippen LogP contribution in [0.25, 0.3) is 0 Å². The number of nitrogens with one attached hydrogen (secondary N) is 2. The quantitative estimate of drug-likeness (QED) is 0.792. The van der Waals surface area contributed by atoms with E-state index >= 15 is 0 Å². The minimum absolute atomic E-state index is 0.0323. The smallest absolute Gasteiger partial charge is 0.354 e. The summed E-state index contributed by atoms with van der Waals surface area (Å²) >= 11 is 0. The van der Waals surface area contributed by atoms with Gasteiger partial charge in [-0.15, -0.1) is 0 Å². The number of carboxylic acid groups (broad SMARTS) is 1. The Morgan fingerprint density at radius 1 is 1.40 bits per heavy atom. The van der Waals surface area contributed by atoms with E-state index in [1.165, 1.54) is 0 Å². The van der Waals surface area contributed by atoms with E-state index in [0.29, 0.717) is 17.9 Å². The molecule has 0 radical (unpaired) electrons. The number of anilines is 1. The number of amides is 1. The van der Waals surface area contributed by atoms with E-state index in [-0.39, 0.29) is 17.3 Å². The molecule has 2 heterocycles. The first-order valence-corrected chi connectivity index (χ1v) is 6.21. The van der Waals surface area contributed by atoms with Crippen LogP contribution in [0.2, 0.25) is 0 Å². The number of H-pyrrole nitrogens is 1. The average Bonchev–Trinajstić information content (AvgIpc) is 2.92. The van der Waals surface area contributed by atoms with Gasteiger partial charge in [0.1, 0.15) is 11.4 Å². The van der Waals surface area contributed by atoms with Crippen molar-refractivity contribution in [3.8, 4) is 0 Å². The number of carbonyl (C=O) groups excluding carboxylic acids is 1. The van der Waals surface area contributed by atoms with E-state index in [4.69, 9.17) is 5.11 Å². The van der Waals surface area contributed by atoms with Crippen molar-refractivity contribution in [2.45, 2.75) is 27.3 Å². The predicted octanol–water partition coefficient (Wildman–Crippen LogP) is 1.80. The SMILES string of the molecule is CCn1nc(C)cc1C(=O)Nc1cc(C)[nH]c1C(=O)O. The van der Waals surface area contributed by atoms with E-state index in [2.05, 4.69) is 15.4 Å². The first-order valence-electron chi connectivity index (χ1n) is 6.21. The number of aryl methyl sites for hydroxylation is 3. The van der Waals surface area contributed by atoms with Gasteiger partial charge in [-0.1, -0.05) is 0 Å². The van der Waals surface area contributed by atoms with Crippen LogP contribution in [-0.4, -0.2) is 31.7 Å². The fourth-order valence-corrected chi connectivity index (χ4v) is 2.01. The Morgan fingerprint density at radius 3 is 2.70 bits per heavy atom. The molecule has 0 bridgehead atoms. The lowest BCUT2D eigenvalue weighted by atomic mass is 10.3. The van der Waals surface area contributed by atoms with Gasteiger partial charge in [0, 0.05) is 12.2 Å². The zero-order valence-electron chi connectivity index (χ0n) is 11.5. The molecule has 0 unspecified atom stereocenters. The molecule has 2 rings (SSSR count). The molecule has 2 aromatic heterocycles. The van der Waals surface area contributed by atoms with Crippen LogP contribution in [0, 0.1) is 13.8 Å². The van der Waals surface area contributed by atoms with Gasteiger partial charge in [-0.25, -0.2) is 4.79 Å². The molecule has 0 fully saturated rings.